The minimum Gasteiger partial charge on any atom is -0.374 e. The van der Waals surface area contributed by atoms with E-state index in [1.54, 1.807) is 35.2 Å². The van der Waals surface area contributed by atoms with Gasteiger partial charge in [-0.3, -0.25) is 4.79 Å². The fraction of sp³-hybridized carbons (Fsp3) is 0.235. The average molecular weight is 399 g/mol. The topological polar surface area (TPSA) is 66.5 Å². The van der Waals surface area contributed by atoms with Crippen molar-refractivity contribution < 1.29 is 13.2 Å². The number of hydrogen-bond donors (Lipinski definition) is 1. The highest BCUT2D eigenvalue weighted by Gasteiger charge is 2.32. The summed E-state index contributed by atoms with van der Waals surface area (Å²) in [6.45, 7) is 0.565. The smallest absolute Gasteiger partial charge is 0.249 e. The molecule has 2 aromatic carbocycles. The molecule has 5 nitrogen and oxygen atoms in total. The second-order valence-corrected chi connectivity index (χ2v) is 8.70. The van der Waals surface area contributed by atoms with Crippen LogP contribution in [-0.2, 0) is 14.6 Å². The maximum atomic E-state index is 12.6. The second kappa shape index (κ2) is 6.86. The fourth-order valence-corrected chi connectivity index (χ4v) is 3.65. The van der Waals surface area contributed by atoms with E-state index in [1.165, 1.54) is 12.1 Å². The molecule has 1 fully saturated rings. The van der Waals surface area contributed by atoms with Gasteiger partial charge in [-0.2, -0.15) is 0 Å². The Morgan fingerprint density at radius 1 is 1.08 bits per heavy atom. The second-order valence-electron chi connectivity index (χ2n) is 5.87. The molecule has 25 heavy (non-hydrogen) atoms. The molecule has 1 unspecified atom stereocenters. The van der Waals surface area contributed by atoms with Gasteiger partial charge in [0.05, 0.1) is 14.9 Å². The Morgan fingerprint density at radius 2 is 1.76 bits per heavy atom. The fourth-order valence-electron chi connectivity index (χ4n) is 2.72. The maximum absolute atomic E-state index is 12.6. The first kappa shape index (κ1) is 18.0. The molecular formula is C17H16Cl2N2O3S. The van der Waals surface area contributed by atoms with Crippen LogP contribution in [0.1, 0.15) is 6.42 Å². The number of nitrogens with one attached hydrogen (secondary N) is 1. The Morgan fingerprint density at radius 3 is 2.36 bits per heavy atom. The number of carbonyl (C=O) groups is 1. The minimum absolute atomic E-state index is 0.0643. The van der Waals surface area contributed by atoms with Crippen LogP contribution in [-0.4, -0.2) is 33.2 Å². The molecule has 0 saturated carbocycles. The van der Waals surface area contributed by atoms with E-state index in [9.17, 15) is 13.2 Å². The lowest BCUT2D eigenvalue weighted by Gasteiger charge is -2.18. The predicted octanol–water partition coefficient (Wildman–Crippen LogP) is 3.61. The zero-order valence-electron chi connectivity index (χ0n) is 13.4. The number of halogens is 2. The van der Waals surface area contributed by atoms with Crippen LogP contribution in [0.15, 0.2) is 47.4 Å². The van der Waals surface area contributed by atoms with Gasteiger partial charge in [-0.05, 0) is 48.9 Å². The van der Waals surface area contributed by atoms with E-state index in [0.717, 1.165) is 6.26 Å². The highest BCUT2D eigenvalue weighted by molar-refractivity contribution is 7.90. The van der Waals surface area contributed by atoms with Crippen LogP contribution < -0.4 is 10.2 Å². The normalized spacial score (nSPS) is 17.8. The highest BCUT2D eigenvalue weighted by Crippen LogP contribution is 2.30. The molecule has 0 aliphatic carbocycles. The molecule has 1 aliphatic rings. The molecule has 0 radical (unpaired) electrons. The molecule has 1 saturated heterocycles. The Kier molecular flexibility index (Phi) is 4.95. The third-order valence-electron chi connectivity index (χ3n) is 4.04. The van der Waals surface area contributed by atoms with Crippen molar-refractivity contribution in [2.45, 2.75) is 17.4 Å². The third kappa shape index (κ3) is 3.92. The van der Waals surface area contributed by atoms with E-state index in [4.69, 9.17) is 23.2 Å². The van der Waals surface area contributed by atoms with Crippen molar-refractivity contribution in [3.8, 4) is 0 Å². The number of hydrogen-bond acceptors (Lipinski definition) is 4. The third-order valence-corrected chi connectivity index (χ3v) is 5.91. The maximum Gasteiger partial charge on any atom is 0.249 e. The van der Waals surface area contributed by atoms with E-state index in [0.29, 0.717) is 34.4 Å². The number of sulfone groups is 1. The van der Waals surface area contributed by atoms with Gasteiger partial charge >= 0.3 is 0 Å². The first-order valence-electron chi connectivity index (χ1n) is 7.59. The molecule has 1 N–H and O–H groups in total. The summed E-state index contributed by atoms with van der Waals surface area (Å²) < 4.78 is 23.0. The Bertz CT molecular complexity index is 914. The molecular weight excluding hydrogens is 383 g/mol. The van der Waals surface area contributed by atoms with Gasteiger partial charge in [0.15, 0.2) is 9.84 Å². The van der Waals surface area contributed by atoms with Gasteiger partial charge < -0.3 is 10.2 Å². The molecule has 0 aromatic heterocycles. The quantitative estimate of drug-likeness (QED) is 0.853. The van der Waals surface area contributed by atoms with Crippen molar-refractivity contribution in [3.63, 3.8) is 0 Å². The number of rotatable bonds is 4. The lowest BCUT2D eigenvalue weighted by atomic mass is 10.2. The standard InChI is InChI=1S/C17H16Cl2N2O3S/c1-25(23,24)13-5-2-11(3-6-13)20-16-8-9-21(17(16)22)12-4-7-14(18)15(19)10-12/h2-7,10,16,20H,8-9H2,1H3. The SMILES string of the molecule is CS(=O)(=O)c1ccc(NC2CCN(c3ccc(Cl)c(Cl)c3)C2=O)cc1. The predicted molar refractivity (Wildman–Crippen MR) is 100 cm³/mol. The molecule has 0 bridgehead atoms. The summed E-state index contributed by atoms with van der Waals surface area (Å²) in [6.07, 6.45) is 1.79. The van der Waals surface area contributed by atoms with Gasteiger partial charge in [-0.25, -0.2) is 8.42 Å². The summed E-state index contributed by atoms with van der Waals surface area (Å²) in [4.78, 5) is 14.5. The van der Waals surface area contributed by atoms with Crippen molar-refractivity contribution >= 4 is 50.3 Å². The summed E-state index contributed by atoms with van der Waals surface area (Å²) in [6, 6.07) is 11.1. The first-order valence-corrected chi connectivity index (χ1v) is 10.2. The van der Waals surface area contributed by atoms with Crippen LogP contribution in [0.4, 0.5) is 11.4 Å². The van der Waals surface area contributed by atoms with Gasteiger partial charge in [0.2, 0.25) is 5.91 Å². The van der Waals surface area contributed by atoms with Crippen molar-refractivity contribution in [2.75, 3.05) is 23.0 Å². The number of amides is 1. The zero-order chi connectivity index (χ0) is 18.2. The van der Waals surface area contributed by atoms with Crippen molar-refractivity contribution in [2.24, 2.45) is 0 Å². The van der Waals surface area contributed by atoms with Crippen molar-refractivity contribution in [1.82, 2.24) is 0 Å². The van der Waals surface area contributed by atoms with Gasteiger partial charge in [0.1, 0.15) is 6.04 Å². The number of carbonyl (C=O) groups excluding carboxylic acids is 1. The first-order chi connectivity index (χ1) is 11.8. The van der Waals surface area contributed by atoms with E-state index in [-0.39, 0.29) is 16.8 Å². The van der Waals surface area contributed by atoms with Crippen molar-refractivity contribution in [3.05, 3.63) is 52.5 Å². The number of benzene rings is 2. The monoisotopic (exact) mass is 398 g/mol. The highest BCUT2D eigenvalue weighted by atomic mass is 35.5. The molecule has 8 heteroatoms. The molecule has 132 valence electrons. The summed E-state index contributed by atoms with van der Waals surface area (Å²) >= 11 is 11.9. The van der Waals surface area contributed by atoms with Crippen LogP contribution in [0.2, 0.25) is 10.0 Å². The molecule has 3 rings (SSSR count). The summed E-state index contributed by atoms with van der Waals surface area (Å²) in [5.41, 5.74) is 1.40. The molecule has 1 heterocycles. The molecule has 1 aliphatic heterocycles. The van der Waals surface area contributed by atoms with E-state index >= 15 is 0 Å². The van der Waals surface area contributed by atoms with Crippen LogP contribution in [0, 0.1) is 0 Å². The number of nitrogens with zero attached hydrogens (tertiary/aromatic N) is 1. The lowest BCUT2D eigenvalue weighted by molar-refractivity contribution is -0.117. The van der Waals surface area contributed by atoms with Crippen LogP contribution in [0.25, 0.3) is 0 Å². The lowest BCUT2D eigenvalue weighted by Crippen LogP contribution is -2.33. The van der Waals surface area contributed by atoms with E-state index in [1.807, 2.05) is 0 Å². The molecule has 1 atom stereocenters. The summed E-state index contributed by atoms with van der Waals surface area (Å²) in [5, 5.41) is 3.99. The van der Waals surface area contributed by atoms with Gasteiger partial charge in [0, 0.05) is 24.2 Å². The molecule has 0 spiro atoms. The van der Waals surface area contributed by atoms with Crippen LogP contribution in [0.3, 0.4) is 0 Å². The summed E-state index contributed by atoms with van der Waals surface area (Å²) in [5.74, 6) is -0.0643. The van der Waals surface area contributed by atoms with Crippen LogP contribution in [0.5, 0.6) is 0 Å². The minimum atomic E-state index is -3.24. The Hall–Kier alpha value is -1.76. The molecule has 2 aromatic rings. The Balaban J connectivity index is 1.73. The van der Waals surface area contributed by atoms with Gasteiger partial charge in [-0.15, -0.1) is 0 Å². The van der Waals surface area contributed by atoms with Crippen LogP contribution >= 0.6 is 23.2 Å². The van der Waals surface area contributed by atoms with E-state index in [2.05, 4.69) is 5.32 Å². The Labute approximate surface area is 156 Å². The van der Waals surface area contributed by atoms with Gasteiger partial charge in [-0.1, -0.05) is 23.2 Å². The average Bonchev–Trinajstić information content (AvgIpc) is 2.91. The summed E-state index contributed by atoms with van der Waals surface area (Å²) in [7, 11) is -3.24. The van der Waals surface area contributed by atoms with Crippen molar-refractivity contribution in [1.29, 1.82) is 0 Å². The number of anilines is 2. The molecule has 1 amide bonds. The largest absolute Gasteiger partial charge is 0.374 e. The van der Waals surface area contributed by atoms with E-state index < -0.39 is 9.84 Å². The van der Waals surface area contributed by atoms with Gasteiger partial charge in [0.25, 0.3) is 0 Å². The zero-order valence-corrected chi connectivity index (χ0v) is 15.7.